The second-order valence-electron chi connectivity index (χ2n) is 8.66. The summed E-state index contributed by atoms with van der Waals surface area (Å²) in [5.41, 5.74) is 9.78. The Morgan fingerprint density at radius 1 is 1.15 bits per heavy atom. The van der Waals surface area contributed by atoms with E-state index in [2.05, 4.69) is 16.2 Å². The number of para-hydroxylation sites is 1. The molecule has 2 saturated carbocycles. The molecule has 8 nitrogen and oxygen atoms in total. The van der Waals surface area contributed by atoms with Crippen molar-refractivity contribution in [2.45, 2.75) is 43.9 Å². The van der Waals surface area contributed by atoms with Gasteiger partial charge in [0.25, 0.3) is 5.91 Å². The molecular formula is C24H28N6O2S. The molecule has 3 aromatic rings. The van der Waals surface area contributed by atoms with Crippen molar-refractivity contribution in [2.75, 3.05) is 20.3 Å². The van der Waals surface area contributed by atoms with Crippen LogP contribution in [0.2, 0.25) is 0 Å². The van der Waals surface area contributed by atoms with Gasteiger partial charge in [-0.1, -0.05) is 18.2 Å². The molecule has 0 saturated heterocycles. The summed E-state index contributed by atoms with van der Waals surface area (Å²) < 4.78 is 6.93. The molecule has 3 N–H and O–H groups in total. The Morgan fingerprint density at radius 3 is 2.61 bits per heavy atom. The summed E-state index contributed by atoms with van der Waals surface area (Å²) >= 11 is 5.28. The lowest BCUT2D eigenvalue weighted by molar-refractivity contribution is 0.0945. The van der Waals surface area contributed by atoms with Crippen LogP contribution >= 0.6 is 12.2 Å². The lowest BCUT2D eigenvalue weighted by atomic mass is 10.1. The number of pyridine rings is 1. The number of amides is 1. The van der Waals surface area contributed by atoms with E-state index in [4.69, 9.17) is 27.0 Å². The fourth-order valence-corrected chi connectivity index (χ4v) is 4.12. The number of nitrogens with one attached hydrogen (secondary N) is 3. The molecule has 2 fully saturated rings. The molecule has 0 spiro atoms. The quantitative estimate of drug-likeness (QED) is 0.268. The summed E-state index contributed by atoms with van der Waals surface area (Å²) in [6.07, 6.45) is 5.19. The summed E-state index contributed by atoms with van der Waals surface area (Å²) in [4.78, 5) is 18.3. The number of fused-ring (bicyclic) bond motifs is 1. The van der Waals surface area contributed by atoms with Crippen molar-refractivity contribution in [3.63, 3.8) is 0 Å². The largest absolute Gasteiger partial charge is 0.385 e. The van der Waals surface area contributed by atoms with Gasteiger partial charge in [0.2, 0.25) is 0 Å². The van der Waals surface area contributed by atoms with Crippen molar-refractivity contribution in [1.82, 2.24) is 30.9 Å². The average Bonchev–Trinajstić information content (AvgIpc) is 3.77. The van der Waals surface area contributed by atoms with Gasteiger partial charge in [-0.15, -0.1) is 0 Å². The molecular weight excluding hydrogens is 436 g/mol. The van der Waals surface area contributed by atoms with Gasteiger partial charge in [-0.2, -0.15) is 5.10 Å². The molecule has 172 valence electrons. The smallest absolute Gasteiger partial charge is 0.270 e. The summed E-state index contributed by atoms with van der Waals surface area (Å²) in [6, 6.07) is 11.9. The Hall–Kier alpha value is -3.04. The molecule has 33 heavy (non-hydrogen) atoms. The molecule has 0 bridgehead atoms. The minimum atomic E-state index is -0.236. The number of ether oxygens (including phenoxy) is 1. The zero-order chi connectivity index (χ0) is 22.8. The number of carbonyl (C=O) groups is 1. The molecule has 1 aromatic carbocycles. The van der Waals surface area contributed by atoms with Crippen LogP contribution in [0.4, 0.5) is 0 Å². The first-order chi connectivity index (χ1) is 16.2. The van der Waals surface area contributed by atoms with Gasteiger partial charge in [0.15, 0.2) is 10.8 Å². The van der Waals surface area contributed by atoms with Gasteiger partial charge >= 0.3 is 0 Å². The Morgan fingerprint density at radius 2 is 1.91 bits per heavy atom. The number of hydrazine groups is 1. The van der Waals surface area contributed by atoms with E-state index in [0.717, 1.165) is 60.2 Å². The molecule has 2 aliphatic carbocycles. The Kier molecular flexibility index (Phi) is 6.24. The molecule has 0 radical (unpaired) electrons. The summed E-state index contributed by atoms with van der Waals surface area (Å²) in [7, 11) is 1.66. The van der Waals surface area contributed by atoms with Crippen LogP contribution in [-0.4, -0.2) is 46.0 Å². The first-order valence-corrected chi connectivity index (χ1v) is 11.9. The fourth-order valence-electron chi connectivity index (χ4n) is 3.96. The van der Waals surface area contributed by atoms with Gasteiger partial charge < -0.3 is 10.1 Å². The maximum atomic E-state index is 13.3. The summed E-state index contributed by atoms with van der Waals surface area (Å²) in [5.74, 6) is 0.537. The van der Waals surface area contributed by atoms with Crippen LogP contribution in [0.1, 0.15) is 65.7 Å². The van der Waals surface area contributed by atoms with Gasteiger partial charge in [0.05, 0.1) is 22.3 Å². The van der Waals surface area contributed by atoms with E-state index in [-0.39, 0.29) is 5.91 Å². The zero-order valence-electron chi connectivity index (χ0n) is 18.6. The topological polar surface area (TPSA) is 93.1 Å². The van der Waals surface area contributed by atoms with E-state index >= 15 is 0 Å². The van der Waals surface area contributed by atoms with Crippen molar-refractivity contribution in [3.8, 4) is 5.69 Å². The molecule has 2 aliphatic rings. The van der Waals surface area contributed by atoms with Crippen LogP contribution in [-0.2, 0) is 4.74 Å². The number of nitrogens with zero attached hydrogens (tertiary/aromatic N) is 3. The maximum absolute atomic E-state index is 13.3. The third-order valence-corrected chi connectivity index (χ3v) is 6.24. The minimum Gasteiger partial charge on any atom is -0.385 e. The Labute approximate surface area is 198 Å². The highest BCUT2D eigenvalue weighted by atomic mass is 32.1. The molecule has 5 rings (SSSR count). The van der Waals surface area contributed by atoms with Crippen LogP contribution in [0.5, 0.6) is 0 Å². The van der Waals surface area contributed by atoms with Crippen LogP contribution in [0.15, 0.2) is 36.4 Å². The van der Waals surface area contributed by atoms with Crippen LogP contribution in [0.3, 0.4) is 0 Å². The number of carbonyl (C=O) groups excluding carboxylic acids is 1. The number of thiocarbonyl (C=S) groups is 1. The van der Waals surface area contributed by atoms with E-state index in [1.54, 1.807) is 7.11 Å². The number of benzene rings is 1. The fraction of sp³-hybridized carbons (Fsp3) is 0.417. The predicted octanol–water partition coefficient (Wildman–Crippen LogP) is 3.32. The van der Waals surface area contributed by atoms with Crippen molar-refractivity contribution in [1.29, 1.82) is 0 Å². The Balaban J connectivity index is 1.47. The highest BCUT2D eigenvalue weighted by Gasteiger charge is 2.34. The minimum absolute atomic E-state index is 0.236. The van der Waals surface area contributed by atoms with Gasteiger partial charge in [-0.3, -0.25) is 15.6 Å². The standard InChI is InChI=1S/C24H28N6O2S/c1-32-13-5-12-25-24(33)28-27-23(31)18-14-19(15-8-9-15)26-22-20(18)21(16-10-11-16)29-30(22)17-6-3-2-4-7-17/h2-4,6-7,14-16H,5,8-13H2,1H3,(H,27,31)(H2,25,28,33). The van der Waals surface area contributed by atoms with Crippen molar-refractivity contribution >= 4 is 34.3 Å². The molecule has 2 aromatic heterocycles. The molecule has 0 atom stereocenters. The van der Waals surface area contributed by atoms with E-state index < -0.39 is 0 Å². The van der Waals surface area contributed by atoms with Gasteiger partial charge in [-0.25, -0.2) is 9.67 Å². The van der Waals surface area contributed by atoms with Gasteiger partial charge in [0.1, 0.15) is 0 Å². The van der Waals surface area contributed by atoms with E-state index in [9.17, 15) is 4.79 Å². The molecule has 1 amide bonds. The normalized spacial score (nSPS) is 15.4. The first-order valence-electron chi connectivity index (χ1n) is 11.5. The van der Waals surface area contributed by atoms with E-state index in [1.807, 2.05) is 41.1 Å². The Bertz CT molecular complexity index is 1170. The van der Waals surface area contributed by atoms with Crippen LogP contribution in [0.25, 0.3) is 16.7 Å². The first kappa shape index (κ1) is 21.8. The monoisotopic (exact) mass is 464 g/mol. The lowest BCUT2D eigenvalue weighted by Crippen LogP contribution is -2.47. The molecule has 0 unspecified atom stereocenters. The van der Waals surface area contributed by atoms with Gasteiger partial charge in [0, 0.05) is 37.8 Å². The average molecular weight is 465 g/mol. The SMILES string of the molecule is COCCCNC(=S)NNC(=O)c1cc(C2CC2)nc2c1c(C1CC1)nn2-c1ccccc1. The highest BCUT2D eigenvalue weighted by Crippen LogP contribution is 2.45. The number of rotatable bonds is 8. The number of hydrogen-bond acceptors (Lipinski definition) is 5. The maximum Gasteiger partial charge on any atom is 0.270 e. The van der Waals surface area contributed by atoms with Crippen molar-refractivity contribution < 1.29 is 9.53 Å². The number of hydrogen-bond donors (Lipinski definition) is 3. The van der Waals surface area contributed by atoms with Gasteiger partial charge in [-0.05, 0) is 62.5 Å². The zero-order valence-corrected chi connectivity index (χ0v) is 19.5. The van der Waals surface area contributed by atoms with E-state index in [0.29, 0.717) is 35.7 Å². The third kappa shape index (κ3) is 4.84. The molecule has 2 heterocycles. The third-order valence-electron chi connectivity index (χ3n) is 5.99. The summed E-state index contributed by atoms with van der Waals surface area (Å²) in [5, 5.41) is 9.21. The molecule has 0 aliphatic heterocycles. The lowest BCUT2D eigenvalue weighted by Gasteiger charge is -2.13. The highest BCUT2D eigenvalue weighted by molar-refractivity contribution is 7.80. The molecule has 9 heteroatoms. The second-order valence-corrected chi connectivity index (χ2v) is 9.06. The van der Waals surface area contributed by atoms with Crippen LogP contribution in [0, 0.1) is 0 Å². The van der Waals surface area contributed by atoms with Crippen LogP contribution < -0.4 is 16.2 Å². The number of aromatic nitrogens is 3. The number of methoxy groups -OCH3 is 1. The van der Waals surface area contributed by atoms with Crippen molar-refractivity contribution in [3.05, 3.63) is 53.3 Å². The predicted molar refractivity (Wildman–Crippen MR) is 131 cm³/mol. The van der Waals surface area contributed by atoms with Crippen molar-refractivity contribution in [2.24, 2.45) is 0 Å². The summed E-state index contributed by atoms with van der Waals surface area (Å²) in [6.45, 7) is 1.31. The van der Waals surface area contributed by atoms with E-state index in [1.165, 1.54) is 0 Å². The second kappa shape index (κ2) is 9.44.